The molecule has 0 atom stereocenters. The van der Waals surface area contributed by atoms with Crippen LogP contribution in [0, 0.1) is 0 Å². The van der Waals surface area contributed by atoms with Crippen molar-refractivity contribution in [3.63, 3.8) is 0 Å². The summed E-state index contributed by atoms with van der Waals surface area (Å²) in [5.41, 5.74) is 2.07. The predicted molar refractivity (Wildman–Crippen MR) is 109 cm³/mol. The molecule has 5 nitrogen and oxygen atoms in total. The minimum atomic E-state index is 0.483. The number of nitrogens with one attached hydrogen (secondary N) is 1. The van der Waals surface area contributed by atoms with Crippen LogP contribution in [-0.2, 0) is 6.42 Å². The molecule has 6 heteroatoms. The summed E-state index contributed by atoms with van der Waals surface area (Å²) in [5, 5.41) is 5.61. The molecule has 4 heterocycles. The Morgan fingerprint density at radius 2 is 2.11 bits per heavy atom. The molecular weight excluding hydrogens is 356 g/mol. The Morgan fingerprint density at radius 3 is 2.89 bits per heavy atom. The van der Waals surface area contributed by atoms with Crippen molar-refractivity contribution in [1.29, 1.82) is 0 Å². The number of fused-ring (bicyclic) bond motifs is 1. The molecule has 1 N–H and O–H groups in total. The molecule has 1 saturated carbocycles. The van der Waals surface area contributed by atoms with Gasteiger partial charge in [0.15, 0.2) is 17.4 Å². The zero-order chi connectivity index (χ0) is 18.1. The lowest BCUT2D eigenvalue weighted by Crippen LogP contribution is -2.07. The summed E-state index contributed by atoms with van der Waals surface area (Å²) in [5.74, 6) is 2.59. The number of pyridine rings is 1. The second-order valence-electron chi connectivity index (χ2n) is 7.00. The monoisotopic (exact) mass is 378 g/mol. The van der Waals surface area contributed by atoms with E-state index in [1.165, 1.54) is 30.6 Å². The second-order valence-corrected chi connectivity index (χ2v) is 8.04. The first-order valence-corrected chi connectivity index (χ1v) is 10.5. The number of rotatable bonds is 6. The number of aromatic nitrogens is 3. The molecule has 138 valence electrons. The molecule has 1 fully saturated rings. The SMILES string of the molecule is c1coc(-c2nc3c(NCCc4cccs4)nccc3n2C2CCCC2)c1. The highest BCUT2D eigenvalue weighted by molar-refractivity contribution is 7.09. The van der Waals surface area contributed by atoms with Crippen molar-refractivity contribution in [2.45, 2.75) is 38.1 Å². The largest absolute Gasteiger partial charge is 0.461 e. The summed E-state index contributed by atoms with van der Waals surface area (Å²) in [6.45, 7) is 0.846. The van der Waals surface area contributed by atoms with Gasteiger partial charge in [-0.2, -0.15) is 0 Å². The maximum absolute atomic E-state index is 5.70. The second kappa shape index (κ2) is 7.19. The van der Waals surface area contributed by atoms with Crippen LogP contribution in [0.4, 0.5) is 5.82 Å². The first kappa shape index (κ1) is 16.6. The van der Waals surface area contributed by atoms with Crippen molar-refractivity contribution in [3.05, 3.63) is 53.0 Å². The zero-order valence-corrected chi connectivity index (χ0v) is 15.9. The predicted octanol–water partition coefficient (Wildman–Crippen LogP) is 5.52. The Morgan fingerprint density at radius 1 is 1.19 bits per heavy atom. The number of anilines is 1. The summed E-state index contributed by atoms with van der Waals surface area (Å²) in [7, 11) is 0. The third-order valence-corrected chi connectivity index (χ3v) is 6.22. The average Bonchev–Trinajstić information content (AvgIpc) is 3.48. The molecule has 27 heavy (non-hydrogen) atoms. The zero-order valence-electron chi connectivity index (χ0n) is 15.1. The van der Waals surface area contributed by atoms with Crippen molar-refractivity contribution in [2.24, 2.45) is 0 Å². The van der Waals surface area contributed by atoms with Crippen molar-refractivity contribution < 1.29 is 4.42 Å². The van der Waals surface area contributed by atoms with Crippen LogP contribution in [0.5, 0.6) is 0 Å². The highest BCUT2D eigenvalue weighted by atomic mass is 32.1. The van der Waals surface area contributed by atoms with E-state index < -0.39 is 0 Å². The van der Waals surface area contributed by atoms with Gasteiger partial charge in [0.05, 0.1) is 11.8 Å². The molecule has 4 aromatic rings. The van der Waals surface area contributed by atoms with Crippen LogP contribution in [-0.4, -0.2) is 21.1 Å². The molecule has 0 saturated heterocycles. The Kier molecular flexibility index (Phi) is 4.41. The summed E-state index contributed by atoms with van der Waals surface area (Å²) in [4.78, 5) is 10.9. The molecule has 1 aliphatic rings. The van der Waals surface area contributed by atoms with E-state index in [0.29, 0.717) is 6.04 Å². The van der Waals surface area contributed by atoms with Gasteiger partial charge in [-0.1, -0.05) is 18.9 Å². The summed E-state index contributed by atoms with van der Waals surface area (Å²) >= 11 is 1.79. The highest BCUT2D eigenvalue weighted by Crippen LogP contribution is 2.38. The molecule has 1 aliphatic carbocycles. The maximum atomic E-state index is 5.70. The minimum Gasteiger partial charge on any atom is -0.461 e. The molecule has 0 unspecified atom stereocenters. The van der Waals surface area contributed by atoms with Gasteiger partial charge in [0.2, 0.25) is 0 Å². The lowest BCUT2D eigenvalue weighted by Gasteiger charge is -2.15. The van der Waals surface area contributed by atoms with E-state index in [1.54, 1.807) is 17.6 Å². The van der Waals surface area contributed by atoms with Crippen LogP contribution < -0.4 is 5.32 Å². The van der Waals surface area contributed by atoms with E-state index in [2.05, 4.69) is 38.4 Å². The number of furan rings is 1. The van der Waals surface area contributed by atoms with Crippen LogP contribution in [0.25, 0.3) is 22.6 Å². The van der Waals surface area contributed by atoms with E-state index >= 15 is 0 Å². The van der Waals surface area contributed by atoms with Crippen molar-refractivity contribution in [1.82, 2.24) is 14.5 Å². The summed E-state index contributed by atoms with van der Waals surface area (Å²) in [6.07, 6.45) is 9.54. The Balaban J connectivity index is 1.52. The van der Waals surface area contributed by atoms with E-state index in [0.717, 1.165) is 41.4 Å². The highest BCUT2D eigenvalue weighted by Gasteiger charge is 2.25. The number of hydrogen-bond acceptors (Lipinski definition) is 5. The fourth-order valence-corrected chi connectivity index (χ4v) is 4.73. The maximum Gasteiger partial charge on any atom is 0.177 e. The molecule has 4 aromatic heterocycles. The average molecular weight is 379 g/mol. The van der Waals surface area contributed by atoms with Gasteiger partial charge >= 0.3 is 0 Å². The lowest BCUT2D eigenvalue weighted by molar-refractivity contribution is 0.518. The standard InChI is InChI=1S/C21H22N4OS/c1-2-6-15(5-1)25-17-10-12-23-20(22-11-9-16-7-4-14-27-16)19(17)24-21(25)18-8-3-13-26-18/h3-4,7-8,10,12-15H,1-2,5-6,9,11H2,(H,22,23). The Hall–Kier alpha value is -2.60. The summed E-state index contributed by atoms with van der Waals surface area (Å²) in [6, 6.07) is 10.7. The van der Waals surface area contributed by atoms with E-state index in [9.17, 15) is 0 Å². The molecule has 0 bridgehead atoms. The third-order valence-electron chi connectivity index (χ3n) is 5.28. The van der Waals surface area contributed by atoms with Gasteiger partial charge in [-0.15, -0.1) is 11.3 Å². The molecule has 0 aliphatic heterocycles. The van der Waals surface area contributed by atoms with Gasteiger partial charge in [0.25, 0.3) is 0 Å². The molecular formula is C21H22N4OS. The van der Waals surface area contributed by atoms with Gasteiger partial charge in [-0.05, 0) is 48.9 Å². The topological polar surface area (TPSA) is 55.9 Å². The number of hydrogen-bond donors (Lipinski definition) is 1. The lowest BCUT2D eigenvalue weighted by atomic mass is 10.2. The van der Waals surface area contributed by atoms with Crippen molar-refractivity contribution in [3.8, 4) is 11.6 Å². The van der Waals surface area contributed by atoms with Crippen molar-refractivity contribution >= 4 is 28.2 Å². The third kappa shape index (κ3) is 3.14. The van der Waals surface area contributed by atoms with Crippen molar-refractivity contribution in [2.75, 3.05) is 11.9 Å². The normalized spacial score (nSPS) is 15.0. The summed E-state index contributed by atoms with van der Waals surface area (Å²) < 4.78 is 8.06. The fourth-order valence-electron chi connectivity index (χ4n) is 4.02. The van der Waals surface area contributed by atoms with E-state index in [-0.39, 0.29) is 0 Å². The Bertz CT molecular complexity index is 1010. The first-order valence-electron chi connectivity index (χ1n) is 9.57. The first-order chi connectivity index (χ1) is 13.4. The smallest absolute Gasteiger partial charge is 0.177 e. The van der Waals surface area contributed by atoms with Gasteiger partial charge < -0.3 is 14.3 Å². The van der Waals surface area contributed by atoms with Gasteiger partial charge in [0, 0.05) is 23.7 Å². The van der Waals surface area contributed by atoms with Gasteiger partial charge in [-0.3, -0.25) is 0 Å². The molecule has 0 radical (unpaired) electrons. The van der Waals surface area contributed by atoms with Gasteiger partial charge in [0.1, 0.15) is 5.52 Å². The van der Waals surface area contributed by atoms with Crippen LogP contribution in [0.15, 0.2) is 52.6 Å². The molecule has 0 aromatic carbocycles. The molecule has 0 spiro atoms. The number of nitrogens with zero attached hydrogens (tertiary/aromatic N) is 3. The van der Waals surface area contributed by atoms with Crippen LogP contribution >= 0.6 is 11.3 Å². The number of imidazole rings is 1. The van der Waals surface area contributed by atoms with E-state index in [1.807, 2.05) is 18.3 Å². The molecule has 5 rings (SSSR count). The van der Waals surface area contributed by atoms with E-state index in [4.69, 9.17) is 9.40 Å². The van der Waals surface area contributed by atoms with Crippen LogP contribution in [0.1, 0.15) is 36.6 Å². The Labute approximate surface area is 162 Å². The van der Waals surface area contributed by atoms with Gasteiger partial charge in [-0.25, -0.2) is 9.97 Å². The quantitative estimate of drug-likeness (QED) is 0.480. The minimum absolute atomic E-state index is 0.483. The number of thiophene rings is 1. The van der Waals surface area contributed by atoms with Crippen LogP contribution in [0.2, 0.25) is 0 Å². The fraction of sp³-hybridized carbons (Fsp3) is 0.333. The van der Waals surface area contributed by atoms with Crippen LogP contribution in [0.3, 0.4) is 0 Å². The molecule has 0 amide bonds.